The molecule has 0 atom stereocenters. The topological polar surface area (TPSA) is 102 Å². The Morgan fingerprint density at radius 3 is 2.21 bits per heavy atom. The molecule has 212 valence electrons. The first-order valence-corrected chi connectivity index (χ1v) is 13.9. The number of benzene rings is 4. The monoisotopic (exact) mass is 600 g/mol. The first-order chi connectivity index (χ1) is 20.2. The standard InChI is InChI=1S/C32H26Cl2N4O4/c1-20-9-11-21(12-10-20)17-35-30(40)23-15-13-22(14-16-23)18-38-31(41)24-5-2-3-8-27(24)37(32(38)42)19-28(39)36-26-7-4-6-25(33)29(26)34/h2-16H,17-19H2,1H3,(H,35,40)(H,36,39). The third-order valence-electron chi connectivity index (χ3n) is 6.79. The van der Waals surface area contributed by atoms with Crippen LogP contribution >= 0.6 is 23.2 Å². The summed E-state index contributed by atoms with van der Waals surface area (Å²) in [7, 11) is 0. The Bertz CT molecular complexity index is 1910. The zero-order valence-electron chi connectivity index (χ0n) is 22.6. The Balaban J connectivity index is 1.37. The normalized spacial score (nSPS) is 10.9. The molecule has 5 rings (SSSR count). The highest BCUT2D eigenvalue weighted by Crippen LogP contribution is 2.29. The van der Waals surface area contributed by atoms with Gasteiger partial charge in [-0.1, -0.05) is 83.4 Å². The van der Waals surface area contributed by atoms with Crippen LogP contribution in [0.25, 0.3) is 10.9 Å². The maximum Gasteiger partial charge on any atom is 0.332 e. The number of carbonyl (C=O) groups is 2. The van der Waals surface area contributed by atoms with Crippen molar-refractivity contribution in [3.63, 3.8) is 0 Å². The summed E-state index contributed by atoms with van der Waals surface area (Å²) in [6.07, 6.45) is 0. The quantitative estimate of drug-likeness (QED) is 0.249. The summed E-state index contributed by atoms with van der Waals surface area (Å²) in [6, 6.07) is 26.0. The molecule has 4 aromatic carbocycles. The summed E-state index contributed by atoms with van der Waals surface area (Å²) in [5.41, 5.74) is 2.73. The van der Waals surface area contributed by atoms with Crippen LogP contribution in [-0.2, 0) is 24.4 Å². The number of rotatable bonds is 8. The van der Waals surface area contributed by atoms with Crippen LogP contribution < -0.4 is 21.9 Å². The van der Waals surface area contributed by atoms with E-state index in [9.17, 15) is 19.2 Å². The van der Waals surface area contributed by atoms with Crippen molar-refractivity contribution in [3.05, 3.63) is 144 Å². The Kier molecular flexibility index (Phi) is 8.56. The minimum Gasteiger partial charge on any atom is -0.348 e. The van der Waals surface area contributed by atoms with E-state index in [0.29, 0.717) is 28.9 Å². The predicted molar refractivity (Wildman–Crippen MR) is 165 cm³/mol. The zero-order chi connectivity index (χ0) is 29.8. The third kappa shape index (κ3) is 6.30. The first-order valence-electron chi connectivity index (χ1n) is 13.1. The van der Waals surface area contributed by atoms with Crippen molar-refractivity contribution in [1.29, 1.82) is 0 Å². The van der Waals surface area contributed by atoms with Crippen molar-refractivity contribution >= 4 is 51.6 Å². The Hall–Kier alpha value is -4.66. The van der Waals surface area contributed by atoms with Crippen molar-refractivity contribution in [2.75, 3.05) is 5.32 Å². The number of hydrogen-bond acceptors (Lipinski definition) is 4. The molecule has 2 amide bonds. The molecule has 8 nitrogen and oxygen atoms in total. The van der Waals surface area contributed by atoms with Gasteiger partial charge in [-0.3, -0.25) is 23.5 Å². The Morgan fingerprint density at radius 1 is 0.786 bits per heavy atom. The summed E-state index contributed by atoms with van der Waals surface area (Å²) in [6.45, 7) is 1.99. The van der Waals surface area contributed by atoms with Crippen molar-refractivity contribution in [1.82, 2.24) is 14.5 Å². The highest BCUT2D eigenvalue weighted by atomic mass is 35.5. The lowest BCUT2D eigenvalue weighted by atomic mass is 10.1. The van der Waals surface area contributed by atoms with Crippen LogP contribution in [0.15, 0.2) is 101 Å². The minimum atomic E-state index is -0.647. The lowest BCUT2D eigenvalue weighted by Gasteiger charge is -2.15. The molecule has 0 bridgehead atoms. The van der Waals surface area contributed by atoms with Crippen LogP contribution in [0.3, 0.4) is 0 Å². The molecule has 0 aliphatic carbocycles. The molecule has 0 fully saturated rings. The molecule has 0 aliphatic rings. The number of carbonyl (C=O) groups excluding carboxylic acids is 2. The van der Waals surface area contributed by atoms with Crippen molar-refractivity contribution in [2.24, 2.45) is 0 Å². The van der Waals surface area contributed by atoms with Crippen LogP contribution in [-0.4, -0.2) is 20.9 Å². The second-order valence-corrected chi connectivity index (χ2v) is 10.6. The third-order valence-corrected chi connectivity index (χ3v) is 7.61. The zero-order valence-corrected chi connectivity index (χ0v) is 24.1. The number of aryl methyl sites for hydroxylation is 1. The molecule has 1 aromatic heterocycles. The number of nitrogens with one attached hydrogen (secondary N) is 2. The lowest BCUT2D eigenvalue weighted by Crippen LogP contribution is -2.42. The number of para-hydroxylation sites is 1. The summed E-state index contributed by atoms with van der Waals surface area (Å²) in [4.78, 5) is 52.5. The fraction of sp³-hybridized carbons (Fsp3) is 0.125. The lowest BCUT2D eigenvalue weighted by molar-refractivity contribution is -0.116. The Morgan fingerprint density at radius 2 is 1.48 bits per heavy atom. The van der Waals surface area contributed by atoms with Gasteiger partial charge in [0.05, 0.1) is 33.2 Å². The highest BCUT2D eigenvalue weighted by Gasteiger charge is 2.17. The molecule has 5 aromatic rings. The number of halogens is 2. The molecule has 10 heteroatoms. The smallest absolute Gasteiger partial charge is 0.332 e. The average molecular weight is 601 g/mol. The van der Waals surface area contributed by atoms with E-state index in [2.05, 4.69) is 10.6 Å². The van der Waals surface area contributed by atoms with E-state index in [4.69, 9.17) is 23.2 Å². The summed E-state index contributed by atoms with van der Waals surface area (Å²) < 4.78 is 2.33. The van der Waals surface area contributed by atoms with Crippen molar-refractivity contribution < 1.29 is 9.59 Å². The van der Waals surface area contributed by atoms with Crippen LogP contribution in [0.5, 0.6) is 0 Å². The fourth-order valence-corrected chi connectivity index (χ4v) is 4.88. The van der Waals surface area contributed by atoms with E-state index in [1.165, 1.54) is 4.57 Å². The van der Waals surface area contributed by atoms with E-state index in [-0.39, 0.29) is 34.4 Å². The summed E-state index contributed by atoms with van der Waals surface area (Å²) in [5.74, 6) is -0.754. The predicted octanol–water partition coefficient (Wildman–Crippen LogP) is 5.40. The van der Waals surface area contributed by atoms with Gasteiger partial charge in [0, 0.05) is 12.1 Å². The van der Waals surface area contributed by atoms with Gasteiger partial charge in [0.25, 0.3) is 11.5 Å². The van der Waals surface area contributed by atoms with E-state index in [1.54, 1.807) is 66.7 Å². The molecule has 0 unspecified atom stereocenters. The Labute approximate surface area is 251 Å². The molecule has 2 N–H and O–H groups in total. The maximum atomic E-state index is 13.6. The van der Waals surface area contributed by atoms with Gasteiger partial charge in [0.2, 0.25) is 5.91 Å². The van der Waals surface area contributed by atoms with Gasteiger partial charge in [-0.25, -0.2) is 4.79 Å². The van der Waals surface area contributed by atoms with Gasteiger partial charge >= 0.3 is 5.69 Å². The number of anilines is 1. The molecule has 0 spiro atoms. The second-order valence-electron chi connectivity index (χ2n) is 9.79. The van der Waals surface area contributed by atoms with Crippen molar-refractivity contribution in [3.8, 4) is 0 Å². The number of fused-ring (bicyclic) bond motifs is 1. The fourth-order valence-electron chi connectivity index (χ4n) is 4.53. The van der Waals surface area contributed by atoms with Gasteiger partial charge < -0.3 is 10.6 Å². The average Bonchev–Trinajstić information content (AvgIpc) is 2.99. The SMILES string of the molecule is Cc1ccc(CNC(=O)c2ccc(Cn3c(=O)c4ccccc4n(CC(=O)Nc4cccc(Cl)c4Cl)c3=O)cc2)cc1. The largest absolute Gasteiger partial charge is 0.348 e. The van der Waals surface area contributed by atoms with Gasteiger partial charge in [0.15, 0.2) is 0 Å². The first kappa shape index (κ1) is 28.9. The van der Waals surface area contributed by atoms with Gasteiger partial charge in [-0.05, 0) is 54.4 Å². The summed E-state index contributed by atoms with van der Waals surface area (Å²) >= 11 is 12.2. The molecule has 0 saturated carbocycles. The van der Waals surface area contributed by atoms with Gasteiger partial charge in [-0.15, -0.1) is 0 Å². The molecule has 1 heterocycles. The summed E-state index contributed by atoms with van der Waals surface area (Å²) in [5, 5.41) is 6.32. The number of amides is 2. The molecular weight excluding hydrogens is 575 g/mol. The molecule has 42 heavy (non-hydrogen) atoms. The molecule has 0 aliphatic heterocycles. The molecular formula is C32H26Cl2N4O4. The molecule has 0 saturated heterocycles. The van der Waals surface area contributed by atoms with E-state index >= 15 is 0 Å². The highest BCUT2D eigenvalue weighted by molar-refractivity contribution is 6.44. The van der Waals surface area contributed by atoms with Crippen molar-refractivity contribution in [2.45, 2.75) is 26.6 Å². The van der Waals surface area contributed by atoms with Crippen LogP contribution in [0.4, 0.5) is 5.69 Å². The minimum absolute atomic E-state index is 0.0461. The van der Waals surface area contributed by atoms with Crippen LogP contribution in [0.2, 0.25) is 10.0 Å². The van der Waals surface area contributed by atoms with E-state index < -0.39 is 17.2 Å². The number of nitrogens with zero attached hydrogens (tertiary/aromatic N) is 2. The van der Waals surface area contributed by atoms with Gasteiger partial charge in [-0.2, -0.15) is 0 Å². The maximum absolute atomic E-state index is 13.6. The number of aromatic nitrogens is 2. The van der Waals surface area contributed by atoms with E-state index in [0.717, 1.165) is 15.7 Å². The van der Waals surface area contributed by atoms with Gasteiger partial charge in [0.1, 0.15) is 6.54 Å². The van der Waals surface area contributed by atoms with E-state index in [1.807, 2.05) is 31.2 Å². The molecule has 0 radical (unpaired) electrons. The van der Waals surface area contributed by atoms with Crippen LogP contribution in [0.1, 0.15) is 27.0 Å². The van der Waals surface area contributed by atoms with Crippen LogP contribution in [0, 0.1) is 6.92 Å². The second kappa shape index (κ2) is 12.5. The number of hydrogen-bond donors (Lipinski definition) is 2.